The van der Waals surface area contributed by atoms with Crippen molar-refractivity contribution >= 4 is 29.9 Å². The molecule has 0 aromatic heterocycles. The molecule has 1 unspecified atom stereocenters. The first kappa shape index (κ1) is 20.9. The van der Waals surface area contributed by atoms with Gasteiger partial charge in [0.25, 0.3) is 5.91 Å². The second-order valence-electron chi connectivity index (χ2n) is 6.35. The Kier molecular flexibility index (Phi) is 8.13. The van der Waals surface area contributed by atoms with Crippen molar-refractivity contribution in [1.29, 1.82) is 0 Å². The van der Waals surface area contributed by atoms with E-state index in [1.54, 1.807) is 12.1 Å². The van der Waals surface area contributed by atoms with Crippen molar-refractivity contribution in [3.8, 4) is 11.5 Å². The van der Waals surface area contributed by atoms with E-state index in [0.717, 1.165) is 12.8 Å². The summed E-state index contributed by atoms with van der Waals surface area (Å²) < 4.78 is 11.0. The van der Waals surface area contributed by atoms with Gasteiger partial charge in [-0.2, -0.15) is 0 Å². The molecule has 0 radical (unpaired) electrons. The van der Waals surface area contributed by atoms with E-state index in [1.165, 1.54) is 7.11 Å². The van der Waals surface area contributed by atoms with Crippen LogP contribution in [0.4, 0.5) is 0 Å². The third-order valence-corrected chi connectivity index (χ3v) is 4.09. The third-order valence-electron chi connectivity index (χ3n) is 3.81. The van der Waals surface area contributed by atoms with Crippen LogP contribution in [0.25, 0.3) is 0 Å². The summed E-state index contributed by atoms with van der Waals surface area (Å²) in [5.74, 6) is 1.59. The van der Waals surface area contributed by atoms with E-state index in [2.05, 4.69) is 5.32 Å². The molecule has 7 heteroatoms. The van der Waals surface area contributed by atoms with Crippen LogP contribution >= 0.6 is 24.0 Å². The fraction of sp³-hybridized carbons (Fsp3) is 0.588. The normalized spacial score (nSPS) is 14.8. The molecule has 1 aromatic carbocycles. The molecule has 0 heterocycles. The molecule has 1 aliphatic carbocycles. The first-order valence-corrected chi connectivity index (χ1v) is 8.35. The summed E-state index contributed by atoms with van der Waals surface area (Å²) in [5.41, 5.74) is 6.18. The zero-order valence-electron chi connectivity index (χ0n) is 14.3. The number of carbonyl (C=O) groups is 1. The lowest BCUT2D eigenvalue weighted by molar-refractivity contribution is 0.0933. The third kappa shape index (κ3) is 5.43. The maximum Gasteiger partial charge on any atom is 0.251 e. The first-order valence-electron chi connectivity index (χ1n) is 7.97. The van der Waals surface area contributed by atoms with E-state index in [-0.39, 0.29) is 24.4 Å². The van der Waals surface area contributed by atoms with Gasteiger partial charge in [-0.15, -0.1) is 12.4 Å². The van der Waals surface area contributed by atoms with E-state index in [1.807, 2.05) is 13.8 Å². The summed E-state index contributed by atoms with van der Waals surface area (Å²) in [5, 5.41) is 3.34. The van der Waals surface area contributed by atoms with Crippen LogP contribution < -0.4 is 20.5 Å². The van der Waals surface area contributed by atoms with Crippen LogP contribution in [0.2, 0.25) is 5.02 Å². The SMILES string of the molecule is COc1cc(C(=O)NC(CN)C2CC2)cc(Cl)c1OCC(C)C.Cl. The number of halogens is 2. The predicted molar refractivity (Wildman–Crippen MR) is 98.6 cm³/mol. The second-order valence-corrected chi connectivity index (χ2v) is 6.75. The molecule has 2 rings (SSSR count). The first-order chi connectivity index (χ1) is 11.0. The molecule has 24 heavy (non-hydrogen) atoms. The molecule has 1 fully saturated rings. The van der Waals surface area contributed by atoms with E-state index in [4.69, 9.17) is 26.8 Å². The topological polar surface area (TPSA) is 73.6 Å². The van der Waals surface area contributed by atoms with Crippen molar-refractivity contribution in [2.24, 2.45) is 17.6 Å². The van der Waals surface area contributed by atoms with Crippen LogP contribution in [-0.4, -0.2) is 32.2 Å². The van der Waals surface area contributed by atoms with Gasteiger partial charge < -0.3 is 20.5 Å². The number of nitrogens with one attached hydrogen (secondary N) is 1. The molecule has 1 amide bonds. The lowest BCUT2D eigenvalue weighted by Crippen LogP contribution is -2.41. The van der Waals surface area contributed by atoms with E-state index in [0.29, 0.717) is 47.1 Å². The molecule has 3 N–H and O–H groups in total. The Hall–Kier alpha value is -1.17. The predicted octanol–water partition coefficient (Wildman–Crippen LogP) is 3.27. The average molecular weight is 377 g/mol. The summed E-state index contributed by atoms with van der Waals surface area (Å²) >= 11 is 6.28. The van der Waals surface area contributed by atoms with Crippen LogP contribution in [0.15, 0.2) is 12.1 Å². The number of amides is 1. The van der Waals surface area contributed by atoms with Gasteiger partial charge in [-0.3, -0.25) is 4.79 Å². The molecule has 0 saturated heterocycles. The van der Waals surface area contributed by atoms with Crippen LogP contribution in [0.3, 0.4) is 0 Å². The van der Waals surface area contributed by atoms with Gasteiger partial charge in [0.1, 0.15) is 0 Å². The van der Waals surface area contributed by atoms with Gasteiger partial charge in [-0.25, -0.2) is 0 Å². The number of nitrogens with two attached hydrogens (primary N) is 1. The molecule has 1 saturated carbocycles. The van der Waals surface area contributed by atoms with Gasteiger partial charge in [-0.05, 0) is 36.8 Å². The highest BCUT2D eigenvalue weighted by Crippen LogP contribution is 2.37. The molecule has 1 atom stereocenters. The summed E-state index contributed by atoms with van der Waals surface area (Å²) in [4.78, 5) is 12.4. The van der Waals surface area contributed by atoms with E-state index in [9.17, 15) is 4.79 Å². The molecule has 1 aliphatic rings. The Morgan fingerprint density at radius 1 is 1.42 bits per heavy atom. The standard InChI is InChI=1S/C17H25ClN2O3.ClH/c1-10(2)9-23-16-13(18)6-12(7-15(16)22-3)17(21)20-14(8-19)11-4-5-11;/h6-7,10-11,14H,4-5,8-9,19H2,1-3H3,(H,20,21);1H. The van der Waals surface area contributed by atoms with Gasteiger partial charge in [0.15, 0.2) is 11.5 Å². The lowest BCUT2D eigenvalue weighted by Gasteiger charge is -2.18. The van der Waals surface area contributed by atoms with Gasteiger partial charge in [0.2, 0.25) is 0 Å². The average Bonchev–Trinajstić information content (AvgIpc) is 3.34. The van der Waals surface area contributed by atoms with Gasteiger partial charge in [0.05, 0.1) is 18.7 Å². The fourth-order valence-electron chi connectivity index (χ4n) is 2.36. The Bertz CT molecular complexity index is 563. The Morgan fingerprint density at radius 2 is 2.08 bits per heavy atom. The van der Waals surface area contributed by atoms with Gasteiger partial charge in [-0.1, -0.05) is 25.4 Å². The van der Waals surface area contributed by atoms with Crippen LogP contribution in [0.5, 0.6) is 11.5 Å². The highest BCUT2D eigenvalue weighted by molar-refractivity contribution is 6.32. The number of hydrogen-bond donors (Lipinski definition) is 2. The van der Waals surface area contributed by atoms with Crippen molar-refractivity contribution in [3.05, 3.63) is 22.7 Å². The molecule has 0 aliphatic heterocycles. The van der Waals surface area contributed by atoms with E-state index >= 15 is 0 Å². The molecular formula is C17H26Cl2N2O3. The Labute approximate surface area is 154 Å². The summed E-state index contributed by atoms with van der Waals surface area (Å²) in [6.07, 6.45) is 2.24. The van der Waals surface area contributed by atoms with Crippen molar-refractivity contribution < 1.29 is 14.3 Å². The maximum absolute atomic E-state index is 12.4. The molecule has 0 bridgehead atoms. The monoisotopic (exact) mass is 376 g/mol. The largest absolute Gasteiger partial charge is 0.493 e. The zero-order valence-corrected chi connectivity index (χ0v) is 15.9. The zero-order chi connectivity index (χ0) is 17.0. The Balaban J connectivity index is 0.00000288. The molecule has 0 spiro atoms. The molecular weight excluding hydrogens is 351 g/mol. The number of methoxy groups -OCH3 is 1. The minimum absolute atomic E-state index is 0. The molecule has 136 valence electrons. The number of ether oxygens (including phenoxy) is 2. The smallest absolute Gasteiger partial charge is 0.251 e. The Morgan fingerprint density at radius 3 is 2.58 bits per heavy atom. The number of benzene rings is 1. The van der Waals surface area contributed by atoms with Crippen LogP contribution in [0.1, 0.15) is 37.0 Å². The van der Waals surface area contributed by atoms with Gasteiger partial charge in [0, 0.05) is 18.2 Å². The lowest BCUT2D eigenvalue weighted by atomic mass is 10.1. The van der Waals surface area contributed by atoms with Crippen LogP contribution in [0, 0.1) is 11.8 Å². The quantitative estimate of drug-likeness (QED) is 0.729. The summed E-state index contributed by atoms with van der Waals surface area (Å²) in [7, 11) is 1.53. The molecule has 1 aromatic rings. The highest BCUT2D eigenvalue weighted by atomic mass is 35.5. The van der Waals surface area contributed by atoms with Gasteiger partial charge >= 0.3 is 0 Å². The van der Waals surface area contributed by atoms with Crippen molar-refractivity contribution in [2.45, 2.75) is 32.7 Å². The summed E-state index contributed by atoms with van der Waals surface area (Å²) in [6, 6.07) is 3.27. The van der Waals surface area contributed by atoms with Crippen molar-refractivity contribution in [2.75, 3.05) is 20.3 Å². The highest BCUT2D eigenvalue weighted by Gasteiger charge is 2.31. The number of carbonyl (C=O) groups excluding carboxylic acids is 1. The minimum atomic E-state index is -0.192. The van der Waals surface area contributed by atoms with Crippen LogP contribution in [-0.2, 0) is 0 Å². The second kappa shape index (κ2) is 9.35. The molecule has 5 nitrogen and oxygen atoms in total. The summed E-state index contributed by atoms with van der Waals surface area (Å²) in [6.45, 7) is 5.06. The van der Waals surface area contributed by atoms with Crippen molar-refractivity contribution in [1.82, 2.24) is 5.32 Å². The van der Waals surface area contributed by atoms with E-state index < -0.39 is 0 Å². The number of hydrogen-bond acceptors (Lipinski definition) is 4. The minimum Gasteiger partial charge on any atom is -0.493 e. The fourth-order valence-corrected chi connectivity index (χ4v) is 2.63. The number of rotatable bonds is 8. The maximum atomic E-state index is 12.4. The van der Waals surface area contributed by atoms with Crippen molar-refractivity contribution in [3.63, 3.8) is 0 Å².